The van der Waals surface area contributed by atoms with Crippen LogP contribution in [0.25, 0.3) is 0 Å². The summed E-state index contributed by atoms with van der Waals surface area (Å²) in [5.41, 5.74) is 0.866. The van der Waals surface area contributed by atoms with E-state index in [1.165, 1.54) is 13.0 Å². The minimum Gasteiger partial charge on any atom is -0.281 e. The first-order valence-electron chi connectivity index (χ1n) is 4.83. The zero-order valence-electron chi connectivity index (χ0n) is 9.10. The van der Waals surface area contributed by atoms with Gasteiger partial charge in [0.1, 0.15) is 0 Å². The lowest BCUT2D eigenvalue weighted by atomic mass is 10.2. The highest BCUT2D eigenvalue weighted by molar-refractivity contribution is 7.92. The van der Waals surface area contributed by atoms with Crippen LogP contribution in [0.4, 0.5) is 0 Å². The van der Waals surface area contributed by atoms with Gasteiger partial charge in [0.15, 0.2) is 9.84 Å². The normalized spacial score (nSPS) is 13.4. The molecule has 1 rings (SSSR count). The van der Waals surface area contributed by atoms with E-state index in [2.05, 4.69) is 0 Å². The number of halogens is 1. The minimum absolute atomic E-state index is 0.169. The van der Waals surface area contributed by atoms with E-state index in [0.29, 0.717) is 0 Å². The first-order valence-corrected chi connectivity index (χ1v) is 6.75. The average Bonchev–Trinajstić information content (AvgIpc) is 2.16. The van der Waals surface area contributed by atoms with Gasteiger partial charge in [0.2, 0.25) is 5.24 Å². The number of aryl methyl sites for hydroxylation is 1. The fraction of sp³-hybridized carbons (Fsp3) is 0.364. The standard InChI is InChI=1S/C11H13ClO3S/c1-8-4-3-5-10(6-8)16(14,15)9(2)7-11(12)13/h3-6,9H,7H2,1-2H3. The van der Waals surface area contributed by atoms with Gasteiger partial charge in [0.05, 0.1) is 10.1 Å². The molecule has 1 aromatic rings. The Kier molecular flexibility index (Phi) is 4.10. The van der Waals surface area contributed by atoms with E-state index < -0.39 is 20.3 Å². The molecular weight excluding hydrogens is 248 g/mol. The Morgan fingerprint density at radius 3 is 2.56 bits per heavy atom. The Morgan fingerprint density at radius 2 is 2.06 bits per heavy atom. The summed E-state index contributed by atoms with van der Waals surface area (Å²) >= 11 is 5.19. The summed E-state index contributed by atoms with van der Waals surface area (Å²) in [6.45, 7) is 3.30. The zero-order valence-corrected chi connectivity index (χ0v) is 10.7. The molecule has 0 radical (unpaired) electrons. The maximum Gasteiger partial charge on any atom is 0.222 e. The molecule has 16 heavy (non-hydrogen) atoms. The van der Waals surface area contributed by atoms with Crippen molar-refractivity contribution in [2.24, 2.45) is 0 Å². The number of carbonyl (C=O) groups is 1. The van der Waals surface area contributed by atoms with Gasteiger partial charge in [-0.25, -0.2) is 8.42 Å². The van der Waals surface area contributed by atoms with Gasteiger partial charge in [-0.05, 0) is 43.1 Å². The van der Waals surface area contributed by atoms with Crippen molar-refractivity contribution in [1.29, 1.82) is 0 Å². The molecule has 88 valence electrons. The summed E-state index contributed by atoms with van der Waals surface area (Å²) in [5, 5.41) is -1.43. The van der Waals surface area contributed by atoms with E-state index in [1.807, 2.05) is 13.0 Å². The number of benzene rings is 1. The molecule has 0 heterocycles. The van der Waals surface area contributed by atoms with E-state index in [-0.39, 0.29) is 11.3 Å². The largest absolute Gasteiger partial charge is 0.281 e. The van der Waals surface area contributed by atoms with E-state index in [0.717, 1.165) is 5.56 Å². The SMILES string of the molecule is Cc1cccc(S(=O)(=O)C(C)CC(=O)Cl)c1. The molecule has 1 aromatic carbocycles. The van der Waals surface area contributed by atoms with Gasteiger partial charge in [0, 0.05) is 6.42 Å². The van der Waals surface area contributed by atoms with Crippen molar-refractivity contribution in [3.63, 3.8) is 0 Å². The molecule has 0 fully saturated rings. The van der Waals surface area contributed by atoms with Crippen LogP contribution in [0.3, 0.4) is 0 Å². The van der Waals surface area contributed by atoms with E-state index in [4.69, 9.17) is 11.6 Å². The van der Waals surface area contributed by atoms with E-state index >= 15 is 0 Å². The van der Waals surface area contributed by atoms with Crippen LogP contribution >= 0.6 is 11.6 Å². The van der Waals surface area contributed by atoms with Crippen LogP contribution in [0.2, 0.25) is 0 Å². The van der Waals surface area contributed by atoms with Crippen molar-refractivity contribution in [3.8, 4) is 0 Å². The van der Waals surface area contributed by atoms with Gasteiger partial charge in [-0.15, -0.1) is 0 Å². The monoisotopic (exact) mass is 260 g/mol. The quantitative estimate of drug-likeness (QED) is 0.781. The van der Waals surface area contributed by atoms with Crippen LogP contribution in [0, 0.1) is 6.92 Å². The summed E-state index contributed by atoms with van der Waals surface area (Å²) in [5.74, 6) is 0. The highest BCUT2D eigenvalue weighted by atomic mass is 35.5. The molecule has 0 saturated carbocycles. The molecule has 1 atom stereocenters. The zero-order chi connectivity index (χ0) is 12.3. The maximum absolute atomic E-state index is 12.0. The molecule has 0 bridgehead atoms. The molecule has 5 heteroatoms. The van der Waals surface area contributed by atoms with Crippen LogP contribution in [-0.4, -0.2) is 18.9 Å². The highest BCUT2D eigenvalue weighted by Crippen LogP contribution is 2.19. The summed E-state index contributed by atoms with van der Waals surface area (Å²) in [7, 11) is -3.46. The Morgan fingerprint density at radius 1 is 1.44 bits per heavy atom. The van der Waals surface area contributed by atoms with Crippen LogP contribution < -0.4 is 0 Å². The third-order valence-electron chi connectivity index (χ3n) is 2.30. The fourth-order valence-electron chi connectivity index (χ4n) is 1.36. The predicted octanol–water partition coefficient (Wildman–Crippen LogP) is 2.31. The van der Waals surface area contributed by atoms with Crippen molar-refractivity contribution in [3.05, 3.63) is 29.8 Å². The third-order valence-corrected chi connectivity index (χ3v) is 4.59. The third kappa shape index (κ3) is 3.06. The second kappa shape index (κ2) is 4.97. The summed E-state index contributed by atoms with van der Waals surface area (Å²) in [6, 6.07) is 6.61. The van der Waals surface area contributed by atoms with Crippen molar-refractivity contribution in [2.45, 2.75) is 30.4 Å². The summed E-state index contributed by atoms with van der Waals surface area (Å²) in [4.78, 5) is 10.9. The molecule has 0 aromatic heterocycles. The molecule has 0 aliphatic heterocycles. The number of rotatable bonds is 4. The summed E-state index contributed by atoms with van der Waals surface area (Å²) in [6.07, 6.45) is -0.169. The second-order valence-corrected chi connectivity index (χ2v) is 6.52. The van der Waals surface area contributed by atoms with Crippen LogP contribution in [0.5, 0.6) is 0 Å². The molecule has 0 aliphatic carbocycles. The second-order valence-electron chi connectivity index (χ2n) is 3.73. The van der Waals surface area contributed by atoms with Gasteiger partial charge < -0.3 is 0 Å². The van der Waals surface area contributed by atoms with Gasteiger partial charge >= 0.3 is 0 Å². The predicted molar refractivity (Wildman–Crippen MR) is 63.3 cm³/mol. The number of hydrogen-bond donors (Lipinski definition) is 0. The van der Waals surface area contributed by atoms with Gasteiger partial charge in [-0.3, -0.25) is 4.79 Å². The molecule has 0 amide bonds. The van der Waals surface area contributed by atoms with Gasteiger partial charge in [0.25, 0.3) is 0 Å². The molecule has 1 unspecified atom stereocenters. The lowest BCUT2D eigenvalue weighted by molar-refractivity contribution is -0.111. The van der Waals surface area contributed by atoms with Crippen molar-refractivity contribution < 1.29 is 13.2 Å². The highest BCUT2D eigenvalue weighted by Gasteiger charge is 2.24. The minimum atomic E-state index is -3.46. The average molecular weight is 261 g/mol. The van der Waals surface area contributed by atoms with Gasteiger partial charge in [-0.2, -0.15) is 0 Å². The van der Waals surface area contributed by atoms with Crippen molar-refractivity contribution in [1.82, 2.24) is 0 Å². The Balaban J connectivity index is 3.07. The van der Waals surface area contributed by atoms with Crippen molar-refractivity contribution >= 4 is 26.7 Å². The first-order chi connectivity index (χ1) is 7.34. The lowest BCUT2D eigenvalue weighted by Crippen LogP contribution is -2.20. The van der Waals surface area contributed by atoms with Crippen LogP contribution in [0.1, 0.15) is 18.9 Å². The Bertz CT molecular complexity index is 494. The smallest absolute Gasteiger partial charge is 0.222 e. The number of hydrogen-bond acceptors (Lipinski definition) is 3. The summed E-state index contributed by atoms with van der Waals surface area (Å²) < 4.78 is 24.0. The van der Waals surface area contributed by atoms with Crippen LogP contribution in [-0.2, 0) is 14.6 Å². The van der Waals surface area contributed by atoms with E-state index in [9.17, 15) is 13.2 Å². The van der Waals surface area contributed by atoms with E-state index in [1.54, 1.807) is 12.1 Å². The molecular formula is C11H13ClO3S. The first kappa shape index (κ1) is 13.2. The van der Waals surface area contributed by atoms with Gasteiger partial charge in [-0.1, -0.05) is 12.1 Å². The van der Waals surface area contributed by atoms with Crippen molar-refractivity contribution in [2.75, 3.05) is 0 Å². The molecule has 0 saturated heterocycles. The maximum atomic E-state index is 12.0. The number of sulfone groups is 1. The molecule has 0 N–H and O–H groups in total. The molecule has 0 spiro atoms. The fourth-order valence-corrected chi connectivity index (χ4v) is 3.14. The Hall–Kier alpha value is -0.870. The Labute approximate surface area is 100 Å². The lowest BCUT2D eigenvalue weighted by Gasteiger charge is -2.11. The topological polar surface area (TPSA) is 51.2 Å². The molecule has 3 nitrogen and oxygen atoms in total. The van der Waals surface area contributed by atoms with Crippen LogP contribution in [0.15, 0.2) is 29.2 Å². The number of carbonyl (C=O) groups excluding carboxylic acids is 1. The molecule has 0 aliphatic rings.